The Morgan fingerprint density at radius 2 is 2.10 bits per heavy atom. The van der Waals surface area contributed by atoms with Crippen molar-refractivity contribution >= 4 is 11.7 Å². The van der Waals surface area contributed by atoms with Crippen molar-refractivity contribution in [1.82, 2.24) is 15.2 Å². The molecule has 0 radical (unpaired) electrons. The van der Waals surface area contributed by atoms with Gasteiger partial charge in [-0.1, -0.05) is 0 Å². The van der Waals surface area contributed by atoms with E-state index in [1.165, 1.54) is 6.07 Å². The molecular formula is C15H21N3O3. The van der Waals surface area contributed by atoms with Gasteiger partial charge in [0.1, 0.15) is 5.56 Å². The fraction of sp³-hybridized carbons (Fsp3) is 0.533. The molecule has 1 amide bonds. The van der Waals surface area contributed by atoms with Gasteiger partial charge in [-0.3, -0.25) is 14.4 Å². The first-order chi connectivity index (χ1) is 9.99. The van der Waals surface area contributed by atoms with Crippen molar-refractivity contribution in [3.8, 4) is 0 Å². The molecular weight excluding hydrogens is 270 g/mol. The van der Waals surface area contributed by atoms with E-state index in [1.54, 1.807) is 0 Å². The number of fused-ring (bicyclic) bond motifs is 1. The number of amides is 1. The van der Waals surface area contributed by atoms with Gasteiger partial charge in [-0.15, -0.1) is 0 Å². The van der Waals surface area contributed by atoms with Crippen LogP contribution in [0.5, 0.6) is 0 Å². The molecule has 0 aliphatic heterocycles. The fourth-order valence-corrected chi connectivity index (χ4v) is 2.44. The summed E-state index contributed by atoms with van der Waals surface area (Å²) in [6.45, 7) is 1.36. The number of H-pyrrole nitrogens is 1. The second kappa shape index (κ2) is 6.67. The monoisotopic (exact) mass is 291 g/mol. The van der Waals surface area contributed by atoms with Gasteiger partial charge in [-0.2, -0.15) is 0 Å². The number of nitrogens with one attached hydrogen (secondary N) is 2. The summed E-state index contributed by atoms with van der Waals surface area (Å²) in [6, 6.07) is 1.44. The molecule has 1 heterocycles. The number of hydrogen-bond donors (Lipinski definition) is 2. The molecule has 0 spiro atoms. The zero-order valence-electron chi connectivity index (χ0n) is 12.5. The van der Waals surface area contributed by atoms with E-state index in [4.69, 9.17) is 0 Å². The SMILES string of the molecule is CN(C)CCCNC(=O)c1cc2c([nH]c1=O)CCCC2=O. The summed E-state index contributed by atoms with van der Waals surface area (Å²) in [5.74, 6) is -0.426. The predicted octanol–water partition coefficient (Wildman–Crippen LogP) is 0.575. The molecule has 0 saturated heterocycles. The van der Waals surface area contributed by atoms with Gasteiger partial charge in [0.15, 0.2) is 5.78 Å². The van der Waals surface area contributed by atoms with E-state index >= 15 is 0 Å². The first-order valence-electron chi connectivity index (χ1n) is 7.21. The number of rotatable bonds is 5. The summed E-state index contributed by atoms with van der Waals surface area (Å²) in [5, 5.41) is 2.72. The van der Waals surface area contributed by atoms with Crippen molar-refractivity contribution < 1.29 is 9.59 Å². The first-order valence-corrected chi connectivity index (χ1v) is 7.21. The van der Waals surface area contributed by atoms with Crippen molar-refractivity contribution in [2.24, 2.45) is 0 Å². The van der Waals surface area contributed by atoms with Crippen LogP contribution in [0, 0.1) is 0 Å². The van der Waals surface area contributed by atoms with Gasteiger partial charge in [-0.05, 0) is 46.0 Å². The fourth-order valence-electron chi connectivity index (χ4n) is 2.44. The molecule has 0 atom stereocenters. The summed E-state index contributed by atoms with van der Waals surface area (Å²) in [5.41, 5.74) is 0.738. The number of aromatic nitrogens is 1. The van der Waals surface area contributed by atoms with Crippen LogP contribution in [0.15, 0.2) is 10.9 Å². The molecule has 2 N–H and O–H groups in total. The highest BCUT2D eigenvalue weighted by Gasteiger charge is 2.21. The highest BCUT2D eigenvalue weighted by molar-refractivity contribution is 6.01. The Morgan fingerprint density at radius 1 is 1.33 bits per heavy atom. The van der Waals surface area contributed by atoms with E-state index in [0.717, 1.165) is 19.4 Å². The third-order valence-corrected chi connectivity index (χ3v) is 3.57. The van der Waals surface area contributed by atoms with Gasteiger partial charge in [0, 0.05) is 24.2 Å². The van der Waals surface area contributed by atoms with Crippen molar-refractivity contribution in [2.45, 2.75) is 25.7 Å². The Morgan fingerprint density at radius 3 is 2.81 bits per heavy atom. The zero-order chi connectivity index (χ0) is 15.4. The van der Waals surface area contributed by atoms with Crippen molar-refractivity contribution in [3.05, 3.63) is 33.2 Å². The number of carbonyl (C=O) groups excluding carboxylic acids is 2. The molecule has 1 aromatic heterocycles. The minimum absolute atomic E-state index is 0.00541. The lowest BCUT2D eigenvalue weighted by Crippen LogP contribution is -2.33. The molecule has 114 valence electrons. The highest BCUT2D eigenvalue weighted by atomic mass is 16.2. The Bertz CT molecular complexity index is 605. The van der Waals surface area contributed by atoms with Crippen LogP contribution in [-0.2, 0) is 6.42 Å². The quantitative estimate of drug-likeness (QED) is 0.777. The molecule has 0 saturated carbocycles. The smallest absolute Gasteiger partial charge is 0.261 e. The number of Topliss-reactive ketones (excluding diaryl/α,β-unsaturated/α-hetero) is 1. The lowest BCUT2D eigenvalue weighted by Gasteiger charge is -2.15. The lowest BCUT2D eigenvalue weighted by molar-refractivity contribution is 0.0950. The first kappa shape index (κ1) is 15.4. The van der Waals surface area contributed by atoms with Crippen LogP contribution in [0.3, 0.4) is 0 Å². The van der Waals surface area contributed by atoms with E-state index < -0.39 is 11.5 Å². The maximum absolute atomic E-state index is 12.0. The van der Waals surface area contributed by atoms with Crippen molar-refractivity contribution in [3.63, 3.8) is 0 Å². The number of nitrogens with zero attached hydrogens (tertiary/aromatic N) is 1. The number of hydrogen-bond acceptors (Lipinski definition) is 4. The molecule has 1 aliphatic carbocycles. The largest absolute Gasteiger partial charge is 0.352 e. The summed E-state index contributed by atoms with van der Waals surface area (Å²) >= 11 is 0. The van der Waals surface area contributed by atoms with Crippen LogP contribution < -0.4 is 10.9 Å². The molecule has 2 rings (SSSR count). The van der Waals surface area contributed by atoms with Gasteiger partial charge in [0.25, 0.3) is 11.5 Å². The predicted molar refractivity (Wildman–Crippen MR) is 79.8 cm³/mol. The van der Waals surface area contributed by atoms with Crippen LogP contribution in [0.1, 0.15) is 45.7 Å². The van der Waals surface area contributed by atoms with Crippen LogP contribution in [0.2, 0.25) is 0 Å². The van der Waals surface area contributed by atoms with Gasteiger partial charge in [0.2, 0.25) is 0 Å². The number of carbonyl (C=O) groups is 2. The molecule has 0 aromatic carbocycles. The average molecular weight is 291 g/mol. The van der Waals surface area contributed by atoms with Crippen molar-refractivity contribution in [1.29, 1.82) is 0 Å². The third-order valence-electron chi connectivity index (χ3n) is 3.57. The molecule has 0 bridgehead atoms. The molecule has 1 aromatic rings. The molecule has 21 heavy (non-hydrogen) atoms. The van der Waals surface area contributed by atoms with Crippen LogP contribution in [0.4, 0.5) is 0 Å². The van der Waals surface area contributed by atoms with E-state index in [9.17, 15) is 14.4 Å². The van der Waals surface area contributed by atoms with Gasteiger partial charge in [-0.25, -0.2) is 0 Å². The number of pyridine rings is 1. The third kappa shape index (κ3) is 3.78. The number of ketones is 1. The Hall–Kier alpha value is -1.95. The van der Waals surface area contributed by atoms with Crippen molar-refractivity contribution in [2.75, 3.05) is 27.2 Å². The second-order valence-corrected chi connectivity index (χ2v) is 5.59. The number of aromatic amines is 1. The van der Waals surface area contributed by atoms with Gasteiger partial charge >= 0.3 is 0 Å². The Labute approximate surface area is 123 Å². The molecule has 6 nitrogen and oxygen atoms in total. The van der Waals surface area contributed by atoms with Gasteiger partial charge in [0.05, 0.1) is 0 Å². The van der Waals surface area contributed by atoms with E-state index in [1.807, 2.05) is 19.0 Å². The molecule has 1 aliphatic rings. The summed E-state index contributed by atoms with van der Waals surface area (Å²) in [4.78, 5) is 40.5. The number of aryl methyl sites for hydroxylation is 1. The maximum Gasteiger partial charge on any atom is 0.261 e. The Balaban J connectivity index is 2.09. The topological polar surface area (TPSA) is 82.3 Å². The normalized spacial score (nSPS) is 14.1. The Kier molecular flexibility index (Phi) is 4.90. The average Bonchev–Trinajstić information content (AvgIpc) is 2.43. The minimum Gasteiger partial charge on any atom is -0.352 e. The van der Waals surface area contributed by atoms with Gasteiger partial charge < -0.3 is 15.2 Å². The van der Waals surface area contributed by atoms with Crippen LogP contribution in [-0.4, -0.2) is 48.8 Å². The van der Waals surface area contributed by atoms with Crippen LogP contribution >= 0.6 is 0 Å². The summed E-state index contributed by atoms with van der Waals surface area (Å²) in [7, 11) is 3.92. The molecule has 0 unspecified atom stereocenters. The van der Waals surface area contributed by atoms with Crippen LogP contribution in [0.25, 0.3) is 0 Å². The molecule has 6 heteroatoms. The summed E-state index contributed by atoms with van der Waals surface area (Å²) in [6.07, 6.45) is 2.71. The standard InChI is InChI=1S/C15H21N3O3/c1-18(2)8-4-7-16-14(20)11-9-10-12(17-15(11)21)5-3-6-13(10)19/h9H,3-8H2,1-2H3,(H,16,20)(H,17,21). The molecule has 0 fully saturated rings. The lowest BCUT2D eigenvalue weighted by atomic mass is 9.93. The highest BCUT2D eigenvalue weighted by Crippen LogP contribution is 2.18. The summed E-state index contributed by atoms with van der Waals surface area (Å²) < 4.78 is 0. The van der Waals surface area contributed by atoms with E-state index in [-0.39, 0.29) is 11.3 Å². The zero-order valence-corrected chi connectivity index (χ0v) is 12.5. The second-order valence-electron chi connectivity index (χ2n) is 5.59. The van der Waals surface area contributed by atoms with E-state index in [0.29, 0.717) is 30.6 Å². The minimum atomic E-state index is -0.423. The van der Waals surface area contributed by atoms with E-state index in [2.05, 4.69) is 10.3 Å². The maximum atomic E-state index is 12.0.